The lowest BCUT2D eigenvalue weighted by atomic mass is 9.92. The molecule has 0 fully saturated rings. The van der Waals surface area contributed by atoms with Crippen molar-refractivity contribution in [2.24, 2.45) is 0 Å². The molecule has 1 unspecified atom stereocenters. The van der Waals surface area contributed by atoms with E-state index in [9.17, 15) is 0 Å². The fraction of sp³-hybridized carbons (Fsp3) is 0.421. The number of nitrogens with zero attached hydrogens (tertiary/aromatic N) is 1. The lowest BCUT2D eigenvalue weighted by Crippen LogP contribution is -1.96. The van der Waals surface area contributed by atoms with Gasteiger partial charge in [0.2, 0.25) is 0 Å². The van der Waals surface area contributed by atoms with Gasteiger partial charge in [-0.05, 0) is 36.6 Å². The zero-order valence-electron chi connectivity index (χ0n) is 12.7. The van der Waals surface area contributed by atoms with Crippen LogP contribution >= 0.6 is 0 Å². The van der Waals surface area contributed by atoms with Crippen molar-refractivity contribution in [1.82, 2.24) is 4.98 Å². The predicted molar refractivity (Wildman–Crippen MR) is 88.1 cm³/mol. The van der Waals surface area contributed by atoms with E-state index in [4.69, 9.17) is 0 Å². The molecule has 0 aliphatic heterocycles. The third-order valence-electron chi connectivity index (χ3n) is 3.75. The van der Waals surface area contributed by atoms with Gasteiger partial charge >= 0.3 is 0 Å². The second-order valence-corrected chi connectivity index (χ2v) is 5.42. The summed E-state index contributed by atoms with van der Waals surface area (Å²) in [5.74, 6) is 0.547. The van der Waals surface area contributed by atoms with Crippen LogP contribution in [0, 0.1) is 0 Å². The first kappa shape index (κ1) is 14.8. The summed E-state index contributed by atoms with van der Waals surface area (Å²) in [6, 6.07) is 10.9. The molecule has 0 saturated heterocycles. The number of unbranched alkanes of at least 4 members (excludes halogenated alkanes) is 2. The summed E-state index contributed by atoms with van der Waals surface area (Å²) in [6.45, 7) is 4.49. The summed E-state index contributed by atoms with van der Waals surface area (Å²) in [6.07, 6.45) is 12.8. The van der Waals surface area contributed by atoms with E-state index in [1.807, 2.05) is 12.3 Å². The van der Waals surface area contributed by atoms with Crippen LogP contribution in [0.4, 0.5) is 0 Å². The molecule has 1 heteroatoms. The third-order valence-corrected chi connectivity index (χ3v) is 3.75. The standard InChI is InChI=1S/C19H25N/c1-3-5-7-10-16(9-6-4-2)17-12-13-19-18(15-17)11-8-14-20-19/h7-8,10-16H,3-6,9H2,1-2H3. The van der Waals surface area contributed by atoms with E-state index in [1.165, 1.54) is 43.1 Å². The molecule has 1 nitrogen and oxygen atoms in total. The molecule has 0 radical (unpaired) electrons. The van der Waals surface area contributed by atoms with Gasteiger partial charge in [0.1, 0.15) is 0 Å². The van der Waals surface area contributed by atoms with Crippen LogP contribution in [-0.4, -0.2) is 4.98 Å². The fourth-order valence-electron chi connectivity index (χ4n) is 2.55. The maximum Gasteiger partial charge on any atom is 0.0702 e. The highest BCUT2D eigenvalue weighted by molar-refractivity contribution is 5.79. The van der Waals surface area contributed by atoms with Gasteiger partial charge in [-0.2, -0.15) is 0 Å². The maximum absolute atomic E-state index is 4.40. The van der Waals surface area contributed by atoms with E-state index in [-0.39, 0.29) is 0 Å². The number of fused-ring (bicyclic) bond motifs is 1. The molecule has 0 bridgehead atoms. The van der Waals surface area contributed by atoms with Gasteiger partial charge in [-0.1, -0.05) is 57.4 Å². The first-order valence-electron chi connectivity index (χ1n) is 7.86. The third kappa shape index (κ3) is 3.93. The first-order chi connectivity index (χ1) is 9.85. The Morgan fingerprint density at radius 2 is 2.05 bits per heavy atom. The SMILES string of the molecule is CCCC=CC(CCCC)c1ccc2ncccc2c1. The van der Waals surface area contributed by atoms with Gasteiger partial charge in [-0.15, -0.1) is 0 Å². The molecule has 0 aliphatic rings. The number of allylic oxidation sites excluding steroid dienone is 2. The van der Waals surface area contributed by atoms with Crippen molar-refractivity contribution < 1.29 is 0 Å². The fourth-order valence-corrected chi connectivity index (χ4v) is 2.55. The van der Waals surface area contributed by atoms with Gasteiger partial charge in [0.15, 0.2) is 0 Å². The quantitative estimate of drug-likeness (QED) is 0.572. The van der Waals surface area contributed by atoms with Gasteiger partial charge in [-0.25, -0.2) is 0 Å². The summed E-state index contributed by atoms with van der Waals surface area (Å²) in [7, 11) is 0. The van der Waals surface area contributed by atoms with Crippen LogP contribution < -0.4 is 0 Å². The van der Waals surface area contributed by atoms with E-state index >= 15 is 0 Å². The van der Waals surface area contributed by atoms with Crippen LogP contribution in [0.2, 0.25) is 0 Å². The topological polar surface area (TPSA) is 12.9 Å². The molecule has 0 spiro atoms. The zero-order chi connectivity index (χ0) is 14.2. The van der Waals surface area contributed by atoms with E-state index in [1.54, 1.807) is 0 Å². The Labute approximate surface area is 122 Å². The molecule has 20 heavy (non-hydrogen) atoms. The second kappa shape index (κ2) is 7.84. The summed E-state index contributed by atoms with van der Waals surface area (Å²) in [5.41, 5.74) is 2.51. The van der Waals surface area contributed by atoms with Crippen molar-refractivity contribution in [3.05, 3.63) is 54.2 Å². The number of benzene rings is 1. The summed E-state index contributed by atoms with van der Waals surface area (Å²) >= 11 is 0. The Bertz CT molecular complexity index is 556. The second-order valence-electron chi connectivity index (χ2n) is 5.42. The van der Waals surface area contributed by atoms with Crippen LogP contribution in [0.25, 0.3) is 10.9 Å². The smallest absolute Gasteiger partial charge is 0.0702 e. The molecule has 0 aliphatic carbocycles. The summed E-state index contributed by atoms with van der Waals surface area (Å²) in [4.78, 5) is 4.40. The lowest BCUT2D eigenvalue weighted by molar-refractivity contribution is 0.662. The van der Waals surface area contributed by atoms with E-state index in [0.29, 0.717) is 5.92 Å². The molecule has 1 aromatic carbocycles. The average Bonchev–Trinajstić information content (AvgIpc) is 2.50. The molecule has 2 aromatic rings. The molecule has 2 rings (SSSR count). The van der Waals surface area contributed by atoms with Crippen molar-refractivity contribution in [2.45, 2.75) is 51.9 Å². The molecule has 106 valence electrons. The Morgan fingerprint density at radius 1 is 1.15 bits per heavy atom. The van der Waals surface area contributed by atoms with E-state index in [0.717, 1.165) is 5.52 Å². The van der Waals surface area contributed by atoms with Gasteiger partial charge in [0.25, 0.3) is 0 Å². The van der Waals surface area contributed by atoms with Gasteiger partial charge in [0.05, 0.1) is 5.52 Å². The van der Waals surface area contributed by atoms with Gasteiger partial charge in [0, 0.05) is 17.5 Å². The van der Waals surface area contributed by atoms with Crippen molar-refractivity contribution in [3.63, 3.8) is 0 Å². The van der Waals surface area contributed by atoms with Crippen molar-refractivity contribution >= 4 is 10.9 Å². The number of pyridine rings is 1. The Kier molecular flexibility index (Phi) is 5.79. The Hall–Kier alpha value is -1.63. The normalized spacial score (nSPS) is 13.1. The molecular weight excluding hydrogens is 242 g/mol. The number of aromatic nitrogens is 1. The lowest BCUT2D eigenvalue weighted by Gasteiger charge is -2.13. The molecule has 1 aromatic heterocycles. The van der Waals surface area contributed by atoms with Crippen LogP contribution in [0.15, 0.2) is 48.7 Å². The highest BCUT2D eigenvalue weighted by atomic mass is 14.6. The largest absolute Gasteiger partial charge is 0.256 e. The molecule has 0 saturated carbocycles. The van der Waals surface area contributed by atoms with Crippen LogP contribution in [0.3, 0.4) is 0 Å². The maximum atomic E-state index is 4.40. The first-order valence-corrected chi connectivity index (χ1v) is 7.86. The van der Waals surface area contributed by atoms with Crippen LogP contribution in [-0.2, 0) is 0 Å². The minimum Gasteiger partial charge on any atom is -0.256 e. The number of hydrogen-bond acceptors (Lipinski definition) is 1. The van der Waals surface area contributed by atoms with Crippen molar-refractivity contribution in [2.75, 3.05) is 0 Å². The Balaban J connectivity index is 2.24. The van der Waals surface area contributed by atoms with Crippen molar-refractivity contribution in [3.8, 4) is 0 Å². The van der Waals surface area contributed by atoms with Crippen LogP contribution in [0.1, 0.15) is 57.4 Å². The molecule has 1 heterocycles. The van der Waals surface area contributed by atoms with E-state index in [2.05, 4.69) is 55.2 Å². The summed E-state index contributed by atoms with van der Waals surface area (Å²) in [5, 5.41) is 1.25. The predicted octanol–water partition coefficient (Wildman–Crippen LogP) is 5.86. The highest BCUT2D eigenvalue weighted by Gasteiger charge is 2.08. The minimum atomic E-state index is 0.547. The average molecular weight is 267 g/mol. The van der Waals surface area contributed by atoms with E-state index < -0.39 is 0 Å². The highest BCUT2D eigenvalue weighted by Crippen LogP contribution is 2.26. The Morgan fingerprint density at radius 3 is 2.85 bits per heavy atom. The van der Waals surface area contributed by atoms with Gasteiger partial charge < -0.3 is 0 Å². The molecule has 1 atom stereocenters. The van der Waals surface area contributed by atoms with Crippen molar-refractivity contribution in [1.29, 1.82) is 0 Å². The van der Waals surface area contributed by atoms with Gasteiger partial charge in [-0.3, -0.25) is 4.98 Å². The minimum absolute atomic E-state index is 0.547. The summed E-state index contributed by atoms with van der Waals surface area (Å²) < 4.78 is 0. The molecule has 0 amide bonds. The number of hydrogen-bond donors (Lipinski definition) is 0. The molecular formula is C19H25N. The number of rotatable bonds is 7. The monoisotopic (exact) mass is 267 g/mol. The molecule has 0 N–H and O–H groups in total. The van der Waals surface area contributed by atoms with Crippen LogP contribution in [0.5, 0.6) is 0 Å². The zero-order valence-corrected chi connectivity index (χ0v) is 12.7.